The van der Waals surface area contributed by atoms with E-state index in [-0.39, 0.29) is 28.0 Å². The number of phenolic OH excluding ortho intramolecular Hbond substituents is 1. The van der Waals surface area contributed by atoms with E-state index in [9.17, 15) is 18.3 Å². The normalized spacial score (nSPS) is 11.8. The predicted octanol–water partition coefficient (Wildman–Crippen LogP) is 1.50. The highest BCUT2D eigenvalue weighted by Gasteiger charge is 2.17. The van der Waals surface area contributed by atoms with Crippen LogP contribution in [0, 0.1) is 0 Å². The zero-order valence-corrected chi connectivity index (χ0v) is 12.5. The van der Waals surface area contributed by atoms with Crippen LogP contribution in [0.25, 0.3) is 0 Å². The van der Waals surface area contributed by atoms with E-state index in [1.165, 1.54) is 41.1 Å². The largest absolute Gasteiger partial charge is 0.508 e. The first-order chi connectivity index (χ1) is 9.79. The minimum atomic E-state index is -3.57. The van der Waals surface area contributed by atoms with Crippen LogP contribution in [0.5, 0.6) is 5.75 Å². The third-order valence-electron chi connectivity index (χ3n) is 2.90. The summed E-state index contributed by atoms with van der Waals surface area (Å²) >= 11 is 0. The fourth-order valence-electron chi connectivity index (χ4n) is 1.84. The van der Waals surface area contributed by atoms with Crippen LogP contribution in [0.15, 0.2) is 46.1 Å². The first kappa shape index (κ1) is 15.2. The van der Waals surface area contributed by atoms with Crippen LogP contribution in [0.2, 0.25) is 0 Å². The van der Waals surface area contributed by atoms with Gasteiger partial charge in [-0.1, -0.05) is 0 Å². The fraction of sp³-hybridized carbons (Fsp3) is 0.286. The van der Waals surface area contributed by atoms with Crippen molar-refractivity contribution in [2.75, 3.05) is 0 Å². The molecule has 0 aliphatic heterocycles. The maximum absolute atomic E-state index is 12.3. The Bertz CT molecular complexity index is 792. The Hall–Kier alpha value is -2.15. The number of rotatable bonds is 4. The van der Waals surface area contributed by atoms with Crippen molar-refractivity contribution in [1.82, 2.24) is 9.78 Å². The van der Waals surface area contributed by atoms with E-state index in [0.29, 0.717) is 5.69 Å². The van der Waals surface area contributed by atoms with Crippen molar-refractivity contribution in [3.05, 3.63) is 52.4 Å². The average molecular weight is 308 g/mol. The number of sulfone groups is 1. The number of aromatic nitrogens is 2. The molecule has 112 valence electrons. The maximum Gasteiger partial charge on any atom is 0.266 e. The fourth-order valence-corrected chi connectivity index (χ4v) is 3.10. The molecule has 0 radical (unpaired) electrons. The van der Waals surface area contributed by atoms with Crippen molar-refractivity contribution >= 4 is 9.84 Å². The smallest absolute Gasteiger partial charge is 0.266 e. The van der Waals surface area contributed by atoms with Gasteiger partial charge < -0.3 is 5.11 Å². The molecule has 0 saturated heterocycles. The number of aromatic hydroxyl groups is 1. The third kappa shape index (κ3) is 3.49. The molecule has 2 rings (SSSR count). The molecule has 0 atom stereocenters. The molecule has 7 heteroatoms. The summed E-state index contributed by atoms with van der Waals surface area (Å²) in [5.41, 5.74) is 0.0344. The van der Waals surface area contributed by atoms with Gasteiger partial charge in [-0.05, 0) is 44.2 Å². The van der Waals surface area contributed by atoms with Gasteiger partial charge in [0.25, 0.3) is 5.56 Å². The first-order valence-corrected chi connectivity index (χ1v) is 8.05. The monoisotopic (exact) mass is 308 g/mol. The Kier molecular flexibility index (Phi) is 4.13. The summed E-state index contributed by atoms with van der Waals surface area (Å²) in [7, 11) is -3.57. The van der Waals surface area contributed by atoms with Gasteiger partial charge in [-0.15, -0.1) is 0 Å². The standard InChI is InChI=1S/C14H16N2O4S/c1-10(2)16-14(18)8-3-11(15-16)9-21(19,20)13-6-4-12(17)5-7-13/h3-8,10,17H,9H2,1-2H3. The van der Waals surface area contributed by atoms with Crippen LogP contribution < -0.4 is 5.56 Å². The number of hydrogen-bond acceptors (Lipinski definition) is 5. The minimum absolute atomic E-state index is 0.000400. The van der Waals surface area contributed by atoms with Crippen LogP contribution in [0.4, 0.5) is 0 Å². The Morgan fingerprint density at radius 3 is 2.33 bits per heavy atom. The molecule has 0 fully saturated rings. The number of benzene rings is 1. The molecule has 1 heterocycles. The molecule has 0 aliphatic carbocycles. The van der Waals surface area contributed by atoms with Gasteiger partial charge in [0, 0.05) is 6.07 Å². The highest BCUT2D eigenvalue weighted by atomic mass is 32.2. The lowest BCUT2D eigenvalue weighted by atomic mass is 10.3. The summed E-state index contributed by atoms with van der Waals surface area (Å²) in [5, 5.41) is 13.3. The summed E-state index contributed by atoms with van der Waals surface area (Å²) in [6.07, 6.45) is 0. The lowest BCUT2D eigenvalue weighted by Gasteiger charge is -2.10. The molecule has 0 aliphatic rings. The Labute approximate surface area is 122 Å². The van der Waals surface area contributed by atoms with Crippen LogP contribution in [-0.4, -0.2) is 23.3 Å². The van der Waals surface area contributed by atoms with Crippen LogP contribution in [-0.2, 0) is 15.6 Å². The summed E-state index contributed by atoms with van der Waals surface area (Å²) in [5.74, 6) is -0.300. The van der Waals surface area contributed by atoms with Gasteiger partial charge in [0.05, 0.1) is 22.4 Å². The third-order valence-corrected chi connectivity index (χ3v) is 4.57. The van der Waals surface area contributed by atoms with Crippen LogP contribution in [0.3, 0.4) is 0 Å². The number of hydrogen-bond donors (Lipinski definition) is 1. The Morgan fingerprint density at radius 1 is 1.14 bits per heavy atom. The first-order valence-electron chi connectivity index (χ1n) is 6.40. The molecule has 21 heavy (non-hydrogen) atoms. The molecule has 2 aromatic rings. The van der Waals surface area contributed by atoms with Gasteiger partial charge in [0.2, 0.25) is 0 Å². The molecule has 1 aromatic carbocycles. The van der Waals surface area contributed by atoms with Crippen molar-refractivity contribution in [2.45, 2.75) is 30.5 Å². The molecule has 6 nitrogen and oxygen atoms in total. The highest BCUT2D eigenvalue weighted by Crippen LogP contribution is 2.18. The molecule has 0 bridgehead atoms. The lowest BCUT2D eigenvalue weighted by molar-refractivity contribution is 0.474. The summed E-state index contributed by atoms with van der Waals surface area (Å²) in [6.45, 7) is 3.60. The number of nitrogens with zero attached hydrogens (tertiary/aromatic N) is 2. The Balaban J connectivity index is 2.35. The second-order valence-electron chi connectivity index (χ2n) is 4.95. The van der Waals surface area contributed by atoms with E-state index in [1.807, 2.05) is 0 Å². The van der Waals surface area contributed by atoms with E-state index in [2.05, 4.69) is 5.10 Å². The van der Waals surface area contributed by atoms with E-state index in [1.54, 1.807) is 13.8 Å². The van der Waals surface area contributed by atoms with Gasteiger partial charge in [-0.25, -0.2) is 13.1 Å². The molecule has 0 spiro atoms. The maximum atomic E-state index is 12.3. The van der Waals surface area contributed by atoms with Gasteiger partial charge in [-0.3, -0.25) is 4.79 Å². The second-order valence-corrected chi connectivity index (χ2v) is 6.94. The van der Waals surface area contributed by atoms with Gasteiger partial charge in [0.1, 0.15) is 5.75 Å². The molecule has 1 N–H and O–H groups in total. The van der Waals surface area contributed by atoms with E-state index >= 15 is 0 Å². The molecular formula is C14H16N2O4S. The van der Waals surface area contributed by atoms with Gasteiger partial charge >= 0.3 is 0 Å². The van der Waals surface area contributed by atoms with Crippen molar-refractivity contribution < 1.29 is 13.5 Å². The van der Waals surface area contributed by atoms with Crippen molar-refractivity contribution in [3.8, 4) is 5.75 Å². The molecule has 1 aromatic heterocycles. The van der Waals surface area contributed by atoms with Gasteiger partial charge in [-0.2, -0.15) is 5.10 Å². The summed E-state index contributed by atoms with van der Waals surface area (Å²) < 4.78 is 25.8. The van der Waals surface area contributed by atoms with Gasteiger partial charge in [0.15, 0.2) is 9.84 Å². The molecular weight excluding hydrogens is 292 g/mol. The van der Waals surface area contributed by atoms with Crippen molar-refractivity contribution in [2.24, 2.45) is 0 Å². The minimum Gasteiger partial charge on any atom is -0.508 e. The predicted molar refractivity (Wildman–Crippen MR) is 77.9 cm³/mol. The zero-order valence-electron chi connectivity index (χ0n) is 11.7. The van der Waals surface area contributed by atoms with Crippen LogP contribution in [0.1, 0.15) is 25.6 Å². The lowest BCUT2D eigenvalue weighted by Crippen LogP contribution is -2.25. The van der Waals surface area contributed by atoms with Crippen molar-refractivity contribution in [3.63, 3.8) is 0 Å². The van der Waals surface area contributed by atoms with E-state index in [4.69, 9.17) is 0 Å². The van der Waals surface area contributed by atoms with Crippen LogP contribution >= 0.6 is 0 Å². The van der Waals surface area contributed by atoms with E-state index in [0.717, 1.165) is 0 Å². The van der Waals surface area contributed by atoms with Crippen molar-refractivity contribution in [1.29, 1.82) is 0 Å². The number of phenols is 1. The molecule has 0 amide bonds. The SMILES string of the molecule is CC(C)n1nc(CS(=O)(=O)c2ccc(O)cc2)ccc1=O. The highest BCUT2D eigenvalue weighted by molar-refractivity contribution is 7.90. The topological polar surface area (TPSA) is 89.3 Å². The average Bonchev–Trinajstić information content (AvgIpc) is 2.41. The second kappa shape index (κ2) is 5.69. The zero-order chi connectivity index (χ0) is 15.6. The van der Waals surface area contributed by atoms with E-state index < -0.39 is 9.84 Å². The Morgan fingerprint density at radius 2 is 1.76 bits per heavy atom. The molecule has 0 unspecified atom stereocenters. The summed E-state index contributed by atoms with van der Waals surface area (Å²) in [6, 6.07) is 7.89. The summed E-state index contributed by atoms with van der Waals surface area (Å²) in [4.78, 5) is 11.7. The quantitative estimate of drug-likeness (QED) is 0.924. The molecule has 0 saturated carbocycles.